The quantitative estimate of drug-likeness (QED) is 0.870. The fourth-order valence-corrected chi connectivity index (χ4v) is 3.01. The van der Waals surface area contributed by atoms with Gasteiger partial charge in [-0.15, -0.1) is 0 Å². The van der Waals surface area contributed by atoms with Crippen LogP contribution in [0.2, 0.25) is 0 Å². The van der Waals surface area contributed by atoms with Gasteiger partial charge in [-0.1, -0.05) is 0 Å². The van der Waals surface area contributed by atoms with E-state index in [1.54, 1.807) is 0 Å². The van der Waals surface area contributed by atoms with E-state index in [0.29, 0.717) is 12.1 Å². The monoisotopic (exact) mass is 233 g/mol. The molecule has 1 fully saturated rings. The standard InChI is InChI=1S/C14H23N3/c1-17(2)14(12-7-9-16-10-8-12)11-3-5-13(15)6-4-11/h7-11,13-14H,3-6,15H2,1-2H3. The van der Waals surface area contributed by atoms with Crippen molar-refractivity contribution in [3.8, 4) is 0 Å². The summed E-state index contributed by atoms with van der Waals surface area (Å²) in [6, 6.07) is 5.20. The molecule has 1 aromatic rings. The Morgan fingerprint density at radius 1 is 1.18 bits per heavy atom. The zero-order valence-corrected chi connectivity index (χ0v) is 10.8. The largest absolute Gasteiger partial charge is 0.328 e. The van der Waals surface area contributed by atoms with Crippen molar-refractivity contribution in [1.82, 2.24) is 9.88 Å². The van der Waals surface area contributed by atoms with Crippen molar-refractivity contribution in [2.45, 2.75) is 37.8 Å². The lowest BCUT2D eigenvalue weighted by Crippen LogP contribution is -2.34. The summed E-state index contributed by atoms with van der Waals surface area (Å²) in [5, 5.41) is 0. The number of aromatic nitrogens is 1. The average Bonchev–Trinajstić information content (AvgIpc) is 2.33. The summed E-state index contributed by atoms with van der Waals surface area (Å²) >= 11 is 0. The van der Waals surface area contributed by atoms with Crippen LogP contribution in [0.25, 0.3) is 0 Å². The van der Waals surface area contributed by atoms with E-state index in [4.69, 9.17) is 5.73 Å². The van der Waals surface area contributed by atoms with Gasteiger partial charge in [-0.25, -0.2) is 0 Å². The van der Waals surface area contributed by atoms with Gasteiger partial charge in [0.15, 0.2) is 0 Å². The van der Waals surface area contributed by atoms with Crippen LogP contribution >= 0.6 is 0 Å². The highest BCUT2D eigenvalue weighted by molar-refractivity contribution is 5.16. The second-order valence-electron chi connectivity index (χ2n) is 5.36. The van der Waals surface area contributed by atoms with Crippen LogP contribution in [0.5, 0.6) is 0 Å². The zero-order chi connectivity index (χ0) is 12.3. The average molecular weight is 233 g/mol. The molecule has 1 aromatic heterocycles. The predicted molar refractivity (Wildman–Crippen MR) is 70.6 cm³/mol. The van der Waals surface area contributed by atoms with E-state index in [1.807, 2.05) is 12.4 Å². The molecule has 1 aliphatic carbocycles. The Kier molecular flexibility index (Phi) is 4.13. The minimum absolute atomic E-state index is 0.423. The number of pyridine rings is 1. The van der Waals surface area contributed by atoms with Crippen LogP contribution in [0, 0.1) is 5.92 Å². The number of hydrogen-bond acceptors (Lipinski definition) is 3. The lowest BCUT2D eigenvalue weighted by molar-refractivity contribution is 0.164. The molecule has 94 valence electrons. The SMILES string of the molecule is CN(C)C(c1ccncc1)C1CCC(N)CC1. The smallest absolute Gasteiger partial charge is 0.0371 e. The maximum absolute atomic E-state index is 5.99. The molecule has 3 nitrogen and oxygen atoms in total. The molecule has 0 aromatic carbocycles. The van der Waals surface area contributed by atoms with E-state index in [2.05, 4.69) is 36.1 Å². The molecule has 3 heteroatoms. The van der Waals surface area contributed by atoms with Crippen LogP contribution in [0.1, 0.15) is 37.3 Å². The lowest BCUT2D eigenvalue weighted by Gasteiger charge is -2.36. The van der Waals surface area contributed by atoms with E-state index in [9.17, 15) is 0 Å². The molecule has 1 heterocycles. The van der Waals surface area contributed by atoms with Crippen LogP contribution < -0.4 is 5.73 Å². The Bertz CT molecular complexity index is 329. The van der Waals surface area contributed by atoms with Crippen LogP contribution in [0.15, 0.2) is 24.5 Å². The molecule has 1 aliphatic rings. The molecule has 0 bridgehead atoms. The molecule has 17 heavy (non-hydrogen) atoms. The number of nitrogens with two attached hydrogens (primary N) is 1. The van der Waals surface area contributed by atoms with E-state index < -0.39 is 0 Å². The Labute approximate surface area is 104 Å². The van der Waals surface area contributed by atoms with Gasteiger partial charge >= 0.3 is 0 Å². The summed E-state index contributed by atoms with van der Waals surface area (Å²) in [6.07, 6.45) is 8.60. The van der Waals surface area contributed by atoms with Crippen molar-refractivity contribution < 1.29 is 0 Å². The van der Waals surface area contributed by atoms with Crippen LogP contribution in [-0.2, 0) is 0 Å². The first-order valence-corrected chi connectivity index (χ1v) is 6.50. The minimum atomic E-state index is 0.423. The molecule has 0 amide bonds. The van der Waals surface area contributed by atoms with Crippen molar-refractivity contribution in [2.75, 3.05) is 14.1 Å². The van der Waals surface area contributed by atoms with E-state index in [-0.39, 0.29) is 0 Å². The number of hydrogen-bond donors (Lipinski definition) is 1. The van der Waals surface area contributed by atoms with Crippen molar-refractivity contribution in [2.24, 2.45) is 11.7 Å². The Morgan fingerprint density at radius 3 is 2.29 bits per heavy atom. The van der Waals surface area contributed by atoms with Crippen LogP contribution in [0.3, 0.4) is 0 Å². The highest BCUT2D eigenvalue weighted by Crippen LogP contribution is 2.36. The second kappa shape index (κ2) is 5.61. The van der Waals surface area contributed by atoms with Gasteiger partial charge in [-0.05, 0) is 63.4 Å². The van der Waals surface area contributed by atoms with Gasteiger partial charge in [0.05, 0.1) is 0 Å². The van der Waals surface area contributed by atoms with Crippen molar-refractivity contribution in [3.05, 3.63) is 30.1 Å². The Hall–Kier alpha value is -0.930. The van der Waals surface area contributed by atoms with E-state index in [1.165, 1.54) is 31.2 Å². The third-order valence-electron chi connectivity index (χ3n) is 3.87. The lowest BCUT2D eigenvalue weighted by atomic mass is 9.79. The molecule has 1 saturated carbocycles. The fraction of sp³-hybridized carbons (Fsp3) is 0.643. The molecular weight excluding hydrogens is 210 g/mol. The molecule has 1 unspecified atom stereocenters. The Morgan fingerprint density at radius 2 is 1.76 bits per heavy atom. The molecule has 0 spiro atoms. The normalized spacial score (nSPS) is 27.1. The van der Waals surface area contributed by atoms with Crippen molar-refractivity contribution in [3.63, 3.8) is 0 Å². The third kappa shape index (κ3) is 3.05. The van der Waals surface area contributed by atoms with Crippen molar-refractivity contribution in [1.29, 1.82) is 0 Å². The fourth-order valence-electron chi connectivity index (χ4n) is 3.01. The molecular formula is C14H23N3. The van der Waals surface area contributed by atoms with Gasteiger partial charge in [0.25, 0.3) is 0 Å². The van der Waals surface area contributed by atoms with Gasteiger partial charge in [0.1, 0.15) is 0 Å². The molecule has 2 rings (SSSR count). The topological polar surface area (TPSA) is 42.2 Å². The first kappa shape index (κ1) is 12.5. The van der Waals surface area contributed by atoms with Crippen LogP contribution in [0.4, 0.5) is 0 Å². The van der Waals surface area contributed by atoms with Crippen molar-refractivity contribution >= 4 is 0 Å². The minimum Gasteiger partial charge on any atom is -0.328 e. The van der Waals surface area contributed by atoms with E-state index >= 15 is 0 Å². The van der Waals surface area contributed by atoms with Gasteiger partial charge in [-0.2, -0.15) is 0 Å². The molecule has 0 aliphatic heterocycles. The van der Waals surface area contributed by atoms with Gasteiger partial charge in [0, 0.05) is 24.5 Å². The van der Waals surface area contributed by atoms with E-state index in [0.717, 1.165) is 5.92 Å². The third-order valence-corrected chi connectivity index (χ3v) is 3.87. The summed E-state index contributed by atoms with van der Waals surface area (Å²) in [5.41, 5.74) is 7.37. The number of rotatable bonds is 3. The summed E-state index contributed by atoms with van der Waals surface area (Å²) in [6.45, 7) is 0. The summed E-state index contributed by atoms with van der Waals surface area (Å²) < 4.78 is 0. The van der Waals surface area contributed by atoms with Gasteiger partial charge < -0.3 is 10.6 Å². The maximum Gasteiger partial charge on any atom is 0.0371 e. The highest BCUT2D eigenvalue weighted by Gasteiger charge is 2.28. The maximum atomic E-state index is 5.99. The molecule has 0 radical (unpaired) electrons. The highest BCUT2D eigenvalue weighted by atomic mass is 15.1. The molecule has 1 atom stereocenters. The molecule has 0 saturated heterocycles. The zero-order valence-electron chi connectivity index (χ0n) is 10.8. The van der Waals surface area contributed by atoms with Crippen LogP contribution in [-0.4, -0.2) is 30.0 Å². The number of nitrogens with zero attached hydrogens (tertiary/aromatic N) is 2. The summed E-state index contributed by atoms with van der Waals surface area (Å²) in [4.78, 5) is 6.44. The second-order valence-corrected chi connectivity index (χ2v) is 5.36. The first-order valence-electron chi connectivity index (χ1n) is 6.50. The Balaban J connectivity index is 2.13. The van der Waals surface area contributed by atoms with Gasteiger partial charge in [-0.3, -0.25) is 4.98 Å². The predicted octanol–water partition coefficient (Wildman–Crippen LogP) is 2.20. The van der Waals surface area contributed by atoms with Gasteiger partial charge in [0.2, 0.25) is 0 Å². The summed E-state index contributed by atoms with van der Waals surface area (Å²) in [5.74, 6) is 0.729. The first-order chi connectivity index (χ1) is 8.18. The molecule has 2 N–H and O–H groups in total. The summed E-state index contributed by atoms with van der Waals surface area (Å²) in [7, 11) is 4.33.